The molecular formula is C21H23ClN2O2. The van der Waals surface area contributed by atoms with Crippen molar-refractivity contribution in [2.24, 2.45) is 5.16 Å². The minimum absolute atomic E-state index is 0.119. The molecular weight excluding hydrogens is 348 g/mol. The molecule has 1 heterocycles. The zero-order chi connectivity index (χ0) is 18.2. The second-order valence-electron chi connectivity index (χ2n) is 6.36. The summed E-state index contributed by atoms with van der Waals surface area (Å²) in [6.45, 7) is 2.48. The largest absolute Gasteiger partial charge is 0.392 e. The number of fused-ring (bicyclic) bond motifs is 1. The number of β-amino-alcohol motifs (C(OH)–C–C–N with tert-alkyl or cyclic N) is 1. The van der Waals surface area contributed by atoms with Gasteiger partial charge in [-0.3, -0.25) is 4.90 Å². The Morgan fingerprint density at radius 3 is 2.69 bits per heavy atom. The summed E-state index contributed by atoms with van der Waals surface area (Å²) in [6, 6.07) is 18.3. The molecule has 2 aromatic carbocycles. The van der Waals surface area contributed by atoms with E-state index in [1.807, 2.05) is 36.4 Å². The van der Waals surface area contributed by atoms with Crippen LogP contribution in [0.25, 0.3) is 6.08 Å². The number of allylic oxidation sites excluding steroid dienone is 1. The molecule has 3 rings (SSSR count). The van der Waals surface area contributed by atoms with Crippen LogP contribution in [0.2, 0.25) is 0 Å². The van der Waals surface area contributed by atoms with Crippen LogP contribution in [0, 0.1) is 0 Å². The standard InChI is InChI=1S/C21H23ClN2O2/c22-21(11-10-17-6-2-1-3-7-17)23-26-16-20(25)15-24-13-12-18-8-4-5-9-19(18)14-24/h1-11,20,25H,12-16H2/b11-10+,23-21-. The maximum Gasteiger partial charge on any atom is 0.168 e. The number of aliphatic hydroxyl groups is 1. The fourth-order valence-electron chi connectivity index (χ4n) is 3.01. The van der Waals surface area contributed by atoms with Gasteiger partial charge in [0.1, 0.15) is 12.7 Å². The Kier molecular flexibility index (Phi) is 6.83. The van der Waals surface area contributed by atoms with Crippen LogP contribution in [-0.4, -0.2) is 41.0 Å². The van der Waals surface area contributed by atoms with Crippen LogP contribution < -0.4 is 0 Å². The molecule has 0 saturated heterocycles. The van der Waals surface area contributed by atoms with E-state index in [-0.39, 0.29) is 11.8 Å². The summed E-state index contributed by atoms with van der Waals surface area (Å²) >= 11 is 6.01. The predicted octanol–water partition coefficient (Wildman–Crippen LogP) is 3.69. The normalized spacial score (nSPS) is 16.5. The van der Waals surface area contributed by atoms with E-state index in [9.17, 15) is 5.11 Å². The lowest BCUT2D eigenvalue weighted by Crippen LogP contribution is -2.38. The number of nitrogens with zero attached hydrogens (tertiary/aromatic N) is 2. The smallest absolute Gasteiger partial charge is 0.168 e. The third-order valence-corrected chi connectivity index (χ3v) is 4.51. The fraction of sp³-hybridized carbons (Fsp3) is 0.286. The van der Waals surface area contributed by atoms with Crippen molar-refractivity contribution >= 4 is 22.8 Å². The third kappa shape index (κ3) is 5.70. The molecule has 0 spiro atoms. The SMILES string of the molecule is OC(CO/N=C(Cl)/C=C/c1ccccc1)CN1CCc2ccccc2C1. The van der Waals surface area contributed by atoms with E-state index in [1.165, 1.54) is 11.1 Å². The zero-order valence-corrected chi connectivity index (χ0v) is 15.3. The maximum atomic E-state index is 10.2. The van der Waals surface area contributed by atoms with Crippen LogP contribution in [0.15, 0.2) is 65.8 Å². The van der Waals surface area contributed by atoms with Crippen molar-refractivity contribution in [1.82, 2.24) is 4.90 Å². The molecule has 136 valence electrons. The highest BCUT2D eigenvalue weighted by atomic mass is 35.5. The molecule has 1 aliphatic heterocycles. The van der Waals surface area contributed by atoms with Gasteiger partial charge in [0.15, 0.2) is 5.17 Å². The molecule has 0 amide bonds. The summed E-state index contributed by atoms with van der Waals surface area (Å²) < 4.78 is 0. The van der Waals surface area contributed by atoms with E-state index in [0.29, 0.717) is 6.54 Å². The van der Waals surface area contributed by atoms with Crippen LogP contribution in [-0.2, 0) is 17.8 Å². The van der Waals surface area contributed by atoms with Crippen LogP contribution in [0.3, 0.4) is 0 Å². The lowest BCUT2D eigenvalue weighted by atomic mass is 10.00. The Hall–Kier alpha value is -2.14. The van der Waals surface area contributed by atoms with Gasteiger partial charge in [0.05, 0.1) is 0 Å². The van der Waals surface area contributed by atoms with Gasteiger partial charge >= 0.3 is 0 Å². The molecule has 1 aliphatic rings. The summed E-state index contributed by atoms with van der Waals surface area (Å²) in [4.78, 5) is 7.42. The maximum absolute atomic E-state index is 10.2. The van der Waals surface area contributed by atoms with Gasteiger partial charge in [0.25, 0.3) is 0 Å². The van der Waals surface area contributed by atoms with Crippen LogP contribution in [0.1, 0.15) is 16.7 Å². The van der Waals surface area contributed by atoms with Crippen molar-refractivity contribution in [2.75, 3.05) is 19.7 Å². The molecule has 1 N–H and O–H groups in total. The van der Waals surface area contributed by atoms with Gasteiger partial charge in [0.2, 0.25) is 0 Å². The first-order valence-electron chi connectivity index (χ1n) is 8.76. The average molecular weight is 371 g/mol. The molecule has 5 heteroatoms. The number of rotatable bonds is 7. The van der Waals surface area contributed by atoms with Crippen molar-refractivity contribution in [3.63, 3.8) is 0 Å². The second-order valence-corrected chi connectivity index (χ2v) is 6.75. The van der Waals surface area contributed by atoms with Crippen molar-refractivity contribution < 1.29 is 9.94 Å². The molecule has 0 aromatic heterocycles. The first kappa shape index (κ1) is 18.6. The van der Waals surface area contributed by atoms with E-state index < -0.39 is 6.10 Å². The number of aliphatic hydroxyl groups excluding tert-OH is 1. The monoisotopic (exact) mass is 370 g/mol. The van der Waals surface area contributed by atoms with E-state index in [2.05, 4.69) is 34.3 Å². The van der Waals surface area contributed by atoms with Gasteiger partial charge < -0.3 is 9.94 Å². The van der Waals surface area contributed by atoms with Crippen LogP contribution in [0.5, 0.6) is 0 Å². The highest BCUT2D eigenvalue weighted by molar-refractivity contribution is 6.68. The van der Waals surface area contributed by atoms with E-state index in [4.69, 9.17) is 16.4 Å². The minimum Gasteiger partial charge on any atom is -0.392 e. The van der Waals surface area contributed by atoms with Crippen molar-refractivity contribution in [3.8, 4) is 0 Å². The molecule has 1 atom stereocenters. The van der Waals surface area contributed by atoms with Crippen molar-refractivity contribution in [1.29, 1.82) is 0 Å². The zero-order valence-electron chi connectivity index (χ0n) is 14.6. The van der Waals surface area contributed by atoms with Crippen LogP contribution in [0.4, 0.5) is 0 Å². The highest BCUT2D eigenvalue weighted by Crippen LogP contribution is 2.18. The van der Waals surface area contributed by atoms with Gasteiger partial charge in [-0.1, -0.05) is 77.4 Å². The third-order valence-electron chi connectivity index (χ3n) is 4.31. The predicted molar refractivity (Wildman–Crippen MR) is 106 cm³/mol. The van der Waals surface area contributed by atoms with Gasteiger partial charge in [-0.2, -0.15) is 0 Å². The number of hydrogen-bond donors (Lipinski definition) is 1. The second kappa shape index (κ2) is 9.53. The van der Waals surface area contributed by atoms with Crippen LogP contribution >= 0.6 is 11.6 Å². The molecule has 0 fully saturated rings. The van der Waals surface area contributed by atoms with E-state index in [0.717, 1.165) is 25.1 Å². The number of hydrogen-bond acceptors (Lipinski definition) is 4. The lowest BCUT2D eigenvalue weighted by Gasteiger charge is -2.29. The van der Waals surface area contributed by atoms with Gasteiger partial charge in [0, 0.05) is 19.6 Å². The Bertz CT molecular complexity index is 762. The lowest BCUT2D eigenvalue weighted by molar-refractivity contribution is 0.0169. The summed E-state index contributed by atoms with van der Waals surface area (Å²) in [5.41, 5.74) is 3.77. The summed E-state index contributed by atoms with van der Waals surface area (Å²) in [7, 11) is 0. The van der Waals surface area contributed by atoms with E-state index >= 15 is 0 Å². The molecule has 0 radical (unpaired) electrons. The first-order valence-corrected chi connectivity index (χ1v) is 9.14. The average Bonchev–Trinajstić information content (AvgIpc) is 2.67. The van der Waals surface area contributed by atoms with Gasteiger partial charge in [-0.25, -0.2) is 0 Å². The number of halogens is 1. The minimum atomic E-state index is -0.605. The first-order chi connectivity index (χ1) is 12.7. The molecule has 0 bridgehead atoms. The molecule has 26 heavy (non-hydrogen) atoms. The highest BCUT2D eigenvalue weighted by Gasteiger charge is 2.18. The van der Waals surface area contributed by atoms with Gasteiger partial charge in [-0.05, 0) is 29.2 Å². The van der Waals surface area contributed by atoms with Crippen molar-refractivity contribution in [3.05, 3.63) is 77.4 Å². The Labute approximate surface area is 159 Å². The molecule has 1 unspecified atom stereocenters. The Balaban J connectivity index is 1.41. The Morgan fingerprint density at radius 2 is 1.88 bits per heavy atom. The van der Waals surface area contributed by atoms with E-state index in [1.54, 1.807) is 6.08 Å². The number of oxime groups is 1. The molecule has 0 saturated carbocycles. The molecule has 4 nitrogen and oxygen atoms in total. The Morgan fingerprint density at radius 1 is 1.15 bits per heavy atom. The number of benzene rings is 2. The molecule has 2 aromatic rings. The van der Waals surface area contributed by atoms with Crippen molar-refractivity contribution in [2.45, 2.75) is 19.1 Å². The van der Waals surface area contributed by atoms with Gasteiger partial charge in [-0.15, -0.1) is 0 Å². The topological polar surface area (TPSA) is 45.1 Å². The summed E-state index contributed by atoms with van der Waals surface area (Å²) in [6.07, 6.45) is 3.94. The fourth-order valence-corrected chi connectivity index (χ4v) is 3.12. The summed E-state index contributed by atoms with van der Waals surface area (Å²) in [5.74, 6) is 0. The summed E-state index contributed by atoms with van der Waals surface area (Å²) in [5, 5.41) is 14.2. The quantitative estimate of drug-likeness (QED) is 0.597. The molecule has 0 aliphatic carbocycles.